The van der Waals surface area contributed by atoms with Crippen molar-refractivity contribution in [2.75, 3.05) is 19.1 Å². The minimum Gasteiger partial charge on any atom is -0.480 e. The van der Waals surface area contributed by atoms with E-state index in [1.165, 1.54) is 6.33 Å². The first-order valence-electron chi connectivity index (χ1n) is 6.68. The fraction of sp³-hybridized carbons (Fsp3) is 0.615. The smallest absolute Gasteiger partial charge is 0.326 e. The minimum absolute atomic E-state index is 0.0547. The Balaban J connectivity index is 2.57. The van der Waals surface area contributed by atoms with Crippen LogP contribution in [0.5, 0.6) is 0 Å². The summed E-state index contributed by atoms with van der Waals surface area (Å²) in [4.78, 5) is 31.6. The largest absolute Gasteiger partial charge is 0.480 e. The lowest BCUT2D eigenvalue weighted by molar-refractivity contribution is -0.139. The number of carbonyl (C=O) groups is 2. The molecule has 0 aliphatic rings. The van der Waals surface area contributed by atoms with E-state index in [0.29, 0.717) is 5.69 Å². The van der Waals surface area contributed by atoms with Crippen LogP contribution in [0, 0.1) is 0 Å². The number of hydrogen-bond acceptors (Lipinski definition) is 4. The summed E-state index contributed by atoms with van der Waals surface area (Å²) < 4.78 is 0. The summed E-state index contributed by atoms with van der Waals surface area (Å²) in [5.41, 5.74) is 0.667. The first-order chi connectivity index (χ1) is 9.95. The van der Waals surface area contributed by atoms with E-state index in [9.17, 15) is 14.7 Å². The van der Waals surface area contributed by atoms with E-state index in [0.717, 1.165) is 12.2 Å². The van der Waals surface area contributed by atoms with E-state index in [1.54, 1.807) is 29.9 Å². The van der Waals surface area contributed by atoms with Crippen molar-refractivity contribution in [3.05, 3.63) is 18.2 Å². The lowest BCUT2D eigenvalue weighted by Gasteiger charge is -2.26. The van der Waals surface area contributed by atoms with Crippen LogP contribution < -0.4 is 5.32 Å². The molecular formula is C13H22N4O3S. The van der Waals surface area contributed by atoms with Crippen LogP contribution in [-0.4, -0.2) is 63.1 Å². The number of aliphatic carboxylic acids is 1. The number of urea groups is 1. The number of carboxylic acids is 1. The highest BCUT2D eigenvalue weighted by Crippen LogP contribution is 2.07. The van der Waals surface area contributed by atoms with Gasteiger partial charge in [-0.15, -0.1) is 0 Å². The van der Waals surface area contributed by atoms with Crippen molar-refractivity contribution in [3.63, 3.8) is 0 Å². The topological polar surface area (TPSA) is 98.3 Å². The van der Waals surface area contributed by atoms with E-state index in [4.69, 9.17) is 0 Å². The van der Waals surface area contributed by atoms with Crippen LogP contribution in [0.2, 0.25) is 0 Å². The third-order valence-electron chi connectivity index (χ3n) is 3.30. The number of imidazole rings is 1. The van der Waals surface area contributed by atoms with Gasteiger partial charge in [-0.3, -0.25) is 0 Å². The second kappa shape index (κ2) is 8.56. The quantitative estimate of drug-likeness (QED) is 0.669. The zero-order valence-electron chi connectivity index (χ0n) is 12.5. The number of rotatable bonds is 8. The van der Waals surface area contributed by atoms with E-state index in [2.05, 4.69) is 15.3 Å². The molecule has 0 saturated heterocycles. The predicted molar refractivity (Wildman–Crippen MR) is 82.5 cm³/mol. The second-order valence-corrected chi connectivity index (χ2v) is 5.85. The van der Waals surface area contributed by atoms with Crippen molar-refractivity contribution >= 4 is 23.8 Å². The zero-order chi connectivity index (χ0) is 15.8. The monoisotopic (exact) mass is 314 g/mol. The Kier molecular flexibility index (Phi) is 7.07. The SMILES string of the molecule is CSCCC(C)N(C)C(=O)NC(Cc1cnc[nH]1)C(=O)O. The fourth-order valence-corrected chi connectivity index (χ4v) is 2.33. The average Bonchev–Trinajstić information content (AvgIpc) is 2.95. The van der Waals surface area contributed by atoms with Crippen molar-refractivity contribution in [1.82, 2.24) is 20.2 Å². The molecule has 0 aromatic carbocycles. The first-order valence-corrected chi connectivity index (χ1v) is 8.07. The molecule has 1 rings (SSSR count). The molecule has 2 atom stereocenters. The van der Waals surface area contributed by atoms with Crippen LogP contribution in [0.4, 0.5) is 4.79 Å². The number of aromatic nitrogens is 2. The maximum Gasteiger partial charge on any atom is 0.326 e. The second-order valence-electron chi connectivity index (χ2n) is 4.86. The highest BCUT2D eigenvalue weighted by molar-refractivity contribution is 7.98. The zero-order valence-corrected chi connectivity index (χ0v) is 13.3. The maximum absolute atomic E-state index is 12.1. The summed E-state index contributed by atoms with van der Waals surface area (Å²) in [5, 5.41) is 11.8. The van der Waals surface area contributed by atoms with Gasteiger partial charge in [-0.1, -0.05) is 0 Å². The number of thioether (sulfide) groups is 1. The Morgan fingerprint density at radius 3 is 2.81 bits per heavy atom. The molecule has 7 nitrogen and oxygen atoms in total. The Morgan fingerprint density at radius 1 is 1.57 bits per heavy atom. The average molecular weight is 314 g/mol. The molecule has 0 spiro atoms. The van der Waals surface area contributed by atoms with E-state index in [1.807, 2.05) is 13.2 Å². The van der Waals surface area contributed by atoms with Gasteiger partial charge in [0.05, 0.1) is 6.33 Å². The molecule has 0 aliphatic carbocycles. The van der Waals surface area contributed by atoms with Crippen LogP contribution in [0.3, 0.4) is 0 Å². The third kappa shape index (κ3) is 5.66. The van der Waals surface area contributed by atoms with Gasteiger partial charge in [-0.25, -0.2) is 14.6 Å². The van der Waals surface area contributed by atoms with Crippen LogP contribution in [-0.2, 0) is 11.2 Å². The van der Waals surface area contributed by atoms with E-state index in [-0.39, 0.29) is 18.5 Å². The molecule has 0 bridgehead atoms. The minimum atomic E-state index is -1.07. The summed E-state index contributed by atoms with van der Waals surface area (Å²) in [6.07, 6.45) is 6.08. The van der Waals surface area contributed by atoms with Crippen LogP contribution >= 0.6 is 11.8 Å². The van der Waals surface area contributed by atoms with Crippen molar-refractivity contribution in [1.29, 1.82) is 0 Å². The van der Waals surface area contributed by atoms with Crippen molar-refractivity contribution in [2.45, 2.75) is 31.8 Å². The molecule has 0 fully saturated rings. The molecule has 0 aliphatic heterocycles. The Bertz CT molecular complexity index is 452. The predicted octanol–water partition coefficient (Wildman–Crippen LogP) is 1.19. The molecule has 0 saturated carbocycles. The van der Waals surface area contributed by atoms with Gasteiger partial charge in [0, 0.05) is 31.4 Å². The Labute approximate surface area is 128 Å². The molecule has 21 heavy (non-hydrogen) atoms. The Hall–Kier alpha value is -1.70. The molecular weight excluding hydrogens is 292 g/mol. The van der Waals surface area contributed by atoms with Gasteiger partial charge in [0.15, 0.2) is 0 Å². The van der Waals surface area contributed by atoms with E-state index < -0.39 is 12.0 Å². The van der Waals surface area contributed by atoms with Gasteiger partial charge in [0.2, 0.25) is 0 Å². The highest BCUT2D eigenvalue weighted by atomic mass is 32.2. The first kappa shape index (κ1) is 17.4. The van der Waals surface area contributed by atoms with Crippen molar-refractivity contribution in [3.8, 4) is 0 Å². The molecule has 0 radical (unpaired) electrons. The summed E-state index contributed by atoms with van der Waals surface area (Å²) in [6.45, 7) is 1.94. The summed E-state index contributed by atoms with van der Waals surface area (Å²) in [5.74, 6) is -0.113. The van der Waals surface area contributed by atoms with E-state index >= 15 is 0 Å². The molecule has 2 unspecified atom stereocenters. The number of H-pyrrole nitrogens is 1. The molecule has 1 heterocycles. The molecule has 1 aromatic rings. The molecule has 3 N–H and O–H groups in total. The standard InChI is InChI=1S/C13H22N4O3S/c1-9(4-5-21-3)17(2)13(20)16-11(12(18)19)6-10-7-14-8-15-10/h7-9,11H,4-6H2,1-3H3,(H,14,15)(H,16,20)(H,18,19). The molecule has 8 heteroatoms. The third-order valence-corrected chi connectivity index (χ3v) is 3.94. The lowest BCUT2D eigenvalue weighted by atomic mass is 10.1. The molecule has 1 aromatic heterocycles. The van der Waals surface area contributed by atoms with Crippen LogP contribution in [0.25, 0.3) is 0 Å². The number of carboxylic acid groups (broad SMARTS) is 1. The summed E-state index contributed by atoms with van der Waals surface area (Å²) >= 11 is 1.72. The van der Waals surface area contributed by atoms with Crippen molar-refractivity contribution in [2.24, 2.45) is 0 Å². The summed E-state index contributed by atoms with van der Waals surface area (Å²) in [6, 6.07) is -1.30. The number of nitrogens with zero attached hydrogens (tertiary/aromatic N) is 2. The van der Waals surface area contributed by atoms with Gasteiger partial charge < -0.3 is 20.3 Å². The lowest BCUT2D eigenvalue weighted by Crippen LogP contribution is -2.50. The van der Waals surface area contributed by atoms with Crippen LogP contribution in [0.15, 0.2) is 12.5 Å². The Morgan fingerprint density at radius 2 is 2.29 bits per heavy atom. The van der Waals surface area contributed by atoms with Crippen LogP contribution in [0.1, 0.15) is 19.0 Å². The maximum atomic E-state index is 12.1. The number of amides is 2. The fourth-order valence-electron chi connectivity index (χ4n) is 1.75. The summed E-state index contributed by atoms with van der Waals surface area (Å²) in [7, 11) is 1.68. The highest BCUT2D eigenvalue weighted by Gasteiger charge is 2.24. The molecule has 118 valence electrons. The number of hydrogen-bond donors (Lipinski definition) is 3. The van der Waals surface area contributed by atoms with Crippen molar-refractivity contribution < 1.29 is 14.7 Å². The molecule has 2 amide bonds. The van der Waals surface area contributed by atoms with Gasteiger partial charge in [0.1, 0.15) is 6.04 Å². The number of aromatic amines is 1. The van der Waals surface area contributed by atoms with Gasteiger partial charge in [0.25, 0.3) is 0 Å². The van der Waals surface area contributed by atoms with Gasteiger partial charge in [-0.05, 0) is 25.4 Å². The normalized spacial score (nSPS) is 13.5. The number of carbonyl (C=O) groups excluding carboxylic acids is 1. The number of nitrogens with one attached hydrogen (secondary N) is 2. The van der Waals surface area contributed by atoms with Gasteiger partial charge >= 0.3 is 12.0 Å². The van der Waals surface area contributed by atoms with Gasteiger partial charge in [-0.2, -0.15) is 11.8 Å².